The summed E-state index contributed by atoms with van der Waals surface area (Å²) in [7, 11) is 1.53. The van der Waals surface area contributed by atoms with Crippen molar-refractivity contribution in [1.82, 2.24) is 9.13 Å². The second-order valence-corrected chi connectivity index (χ2v) is 7.07. The molecule has 0 unspecified atom stereocenters. The van der Waals surface area contributed by atoms with Crippen LogP contribution in [-0.4, -0.2) is 22.2 Å². The number of para-hydroxylation sites is 1. The first kappa shape index (κ1) is 20.4. The quantitative estimate of drug-likeness (QED) is 0.695. The van der Waals surface area contributed by atoms with Crippen molar-refractivity contribution in [2.45, 2.75) is 39.8 Å². The van der Waals surface area contributed by atoms with Crippen molar-refractivity contribution in [3.05, 3.63) is 68.9 Å². The lowest BCUT2D eigenvalue weighted by Crippen LogP contribution is -2.43. The van der Waals surface area contributed by atoms with Gasteiger partial charge in [0.2, 0.25) is 5.91 Å². The molecule has 0 aliphatic carbocycles. The third kappa shape index (κ3) is 3.94. The molecule has 1 N–H and O–H groups in total. The van der Waals surface area contributed by atoms with Crippen molar-refractivity contribution in [3.63, 3.8) is 0 Å². The molecule has 0 fully saturated rings. The zero-order chi connectivity index (χ0) is 21.1. The van der Waals surface area contributed by atoms with Crippen LogP contribution in [0.1, 0.15) is 31.9 Å². The Balaban J connectivity index is 2.06. The maximum atomic E-state index is 13.1. The van der Waals surface area contributed by atoms with Crippen molar-refractivity contribution in [2.75, 3.05) is 12.4 Å². The van der Waals surface area contributed by atoms with E-state index in [0.29, 0.717) is 28.8 Å². The summed E-state index contributed by atoms with van der Waals surface area (Å²) in [6, 6.07) is 12.0. The number of amides is 1. The second kappa shape index (κ2) is 8.34. The van der Waals surface area contributed by atoms with Crippen LogP contribution in [0.15, 0.2) is 52.1 Å². The molecule has 1 amide bonds. The number of aryl methyl sites for hydroxylation is 1. The summed E-state index contributed by atoms with van der Waals surface area (Å²) in [5.41, 5.74) is 1.11. The first-order chi connectivity index (χ1) is 13.9. The van der Waals surface area contributed by atoms with Crippen molar-refractivity contribution in [1.29, 1.82) is 0 Å². The highest BCUT2D eigenvalue weighted by molar-refractivity contribution is 5.93. The normalized spacial score (nSPS) is 12.0. The molecule has 0 bridgehead atoms. The highest BCUT2D eigenvalue weighted by atomic mass is 16.5. The lowest BCUT2D eigenvalue weighted by molar-refractivity contribution is -0.116. The van der Waals surface area contributed by atoms with Crippen LogP contribution in [0.5, 0.6) is 5.75 Å². The minimum atomic E-state index is -0.491. The fourth-order valence-corrected chi connectivity index (χ4v) is 3.32. The maximum Gasteiger partial charge on any atom is 0.332 e. The van der Waals surface area contributed by atoms with E-state index < -0.39 is 5.69 Å². The average molecular weight is 395 g/mol. The van der Waals surface area contributed by atoms with Gasteiger partial charge in [0.15, 0.2) is 0 Å². The van der Waals surface area contributed by atoms with Crippen LogP contribution < -0.4 is 21.3 Å². The van der Waals surface area contributed by atoms with Gasteiger partial charge in [0, 0.05) is 6.04 Å². The zero-order valence-electron chi connectivity index (χ0n) is 17.1. The lowest BCUT2D eigenvalue weighted by Gasteiger charge is -2.18. The highest BCUT2D eigenvalue weighted by Crippen LogP contribution is 2.25. The first-order valence-electron chi connectivity index (χ1n) is 9.56. The van der Waals surface area contributed by atoms with E-state index in [1.165, 1.54) is 16.2 Å². The molecule has 3 aromatic rings. The number of fused-ring (bicyclic) bond motifs is 1. The maximum absolute atomic E-state index is 13.1. The molecule has 0 saturated heterocycles. The van der Waals surface area contributed by atoms with Gasteiger partial charge >= 0.3 is 5.69 Å². The van der Waals surface area contributed by atoms with E-state index in [4.69, 9.17) is 4.74 Å². The fraction of sp³-hybridized carbons (Fsp3) is 0.318. The molecular weight excluding hydrogens is 370 g/mol. The summed E-state index contributed by atoms with van der Waals surface area (Å²) < 4.78 is 7.87. The number of nitrogens with zero attached hydrogens (tertiary/aromatic N) is 2. The summed E-state index contributed by atoms with van der Waals surface area (Å²) in [6.45, 7) is 5.43. The monoisotopic (exact) mass is 395 g/mol. The Bertz CT molecular complexity index is 1180. The van der Waals surface area contributed by atoms with Crippen LogP contribution >= 0.6 is 0 Å². The van der Waals surface area contributed by atoms with Gasteiger partial charge in [-0.1, -0.05) is 25.1 Å². The van der Waals surface area contributed by atoms with Gasteiger partial charge in [-0.2, -0.15) is 0 Å². The largest absolute Gasteiger partial charge is 0.495 e. The van der Waals surface area contributed by atoms with Crippen molar-refractivity contribution < 1.29 is 9.53 Å². The third-order valence-corrected chi connectivity index (χ3v) is 5.04. The van der Waals surface area contributed by atoms with E-state index in [9.17, 15) is 14.4 Å². The number of rotatable bonds is 6. The Kier molecular flexibility index (Phi) is 5.87. The Hall–Kier alpha value is -3.35. The average Bonchev–Trinajstić information content (AvgIpc) is 2.71. The van der Waals surface area contributed by atoms with Gasteiger partial charge in [-0.3, -0.25) is 18.7 Å². The van der Waals surface area contributed by atoms with Gasteiger partial charge in [0.1, 0.15) is 12.3 Å². The van der Waals surface area contributed by atoms with Gasteiger partial charge in [-0.05, 0) is 50.1 Å². The van der Waals surface area contributed by atoms with Gasteiger partial charge in [-0.15, -0.1) is 0 Å². The minimum absolute atomic E-state index is 0.215. The molecule has 1 atom stereocenters. The highest BCUT2D eigenvalue weighted by Gasteiger charge is 2.18. The molecule has 1 aromatic heterocycles. The van der Waals surface area contributed by atoms with E-state index >= 15 is 0 Å². The van der Waals surface area contributed by atoms with Crippen molar-refractivity contribution >= 4 is 22.5 Å². The summed E-state index contributed by atoms with van der Waals surface area (Å²) >= 11 is 0. The van der Waals surface area contributed by atoms with Crippen LogP contribution in [0.3, 0.4) is 0 Å². The lowest BCUT2D eigenvalue weighted by atomic mass is 10.2. The standard InChI is InChI=1S/C22H25N3O4/c1-5-15(3)25-21(27)16-8-6-7-9-18(16)24(22(25)28)13-20(26)23-17-12-14(2)10-11-19(17)29-4/h6-12,15H,5,13H2,1-4H3,(H,23,26)/t15-/m0/s1. The number of nitrogens with one attached hydrogen (secondary N) is 1. The number of hydrogen-bond acceptors (Lipinski definition) is 4. The van der Waals surface area contributed by atoms with E-state index in [0.717, 1.165) is 5.56 Å². The summed E-state index contributed by atoms with van der Waals surface area (Å²) in [5.74, 6) is 0.154. The summed E-state index contributed by atoms with van der Waals surface area (Å²) in [6.07, 6.45) is 0.625. The molecule has 29 heavy (non-hydrogen) atoms. The van der Waals surface area contributed by atoms with Gasteiger partial charge < -0.3 is 10.1 Å². The molecule has 0 aliphatic heterocycles. The molecule has 152 valence electrons. The van der Waals surface area contributed by atoms with E-state index in [1.807, 2.05) is 26.8 Å². The molecule has 1 heterocycles. The Morgan fingerprint density at radius 2 is 1.90 bits per heavy atom. The van der Waals surface area contributed by atoms with Crippen LogP contribution in [0.25, 0.3) is 10.9 Å². The molecule has 2 aromatic carbocycles. The topological polar surface area (TPSA) is 82.3 Å². The van der Waals surface area contributed by atoms with Gasteiger partial charge in [0.25, 0.3) is 5.56 Å². The van der Waals surface area contributed by atoms with Crippen LogP contribution in [0.2, 0.25) is 0 Å². The van der Waals surface area contributed by atoms with E-state index in [-0.39, 0.29) is 24.1 Å². The predicted molar refractivity (Wildman–Crippen MR) is 114 cm³/mol. The van der Waals surface area contributed by atoms with Crippen LogP contribution in [0.4, 0.5) is 5.69 Å². The number of carbonyl (C=O) groups excluding carboxylic acids is 1. The van der Waals surface area contributed by atoms with Crippen molar-refractivity contribution in [2.24, 2.45) is 0 Å². The number of benzene rings is 2. The summed E-state index contributed by atoms with van der Waals surface area (Å²) in [4.78, 5) is 38.7. The fourth-order valence-electron chi connectivity index (χ4n) is 3.32. The number of methoxy groups -OCH3 is 1. The number of anilines is 1. The molecule has 3 rings (SSSR count). The first-order valence-corrected chi connectivity index (χ1v) is 9.56. The molecule has 0 radical (unpaired) electrons. The van der Waals surface area contributed by atoms with Crippen molar-refractivity contribution in [3.8, 4) is 5.75 Å². The van der Waals surface area contributed by atoms with Crippen LogP contribution in [0, 0.1) is 6.92 Å². The predicted octanol–water partition coefficient (Wildman–Crippen LogP) is 3.09. The number of ether oxygens (including phenoxy) is 1. The molecule has 0 spiro atoms. The minimum Gasteiger partial charge on any atom is -0.495 e. The molecular formula is C22H25N3O4. The van der Waals surface area contributed by atoms with E-state index in [1.54, 1.807) is 36.4 Å². The molecule has 7 heteroatoms. The number of hydrogen-bond donors (Lipinski definition) is 1. The SMILES string of the molecule is CC[C@H](C)n1c(=O)c2ccccc2n(CC(=O)Nc2cc(C)ccc2OC)c1=O. The number of carbonyl (C=O) groups is 1. The Morgan fingerprint density at radius 3 is 2.59 bits per heavy atom. The van der Waals surface area contributed by atoms with Crippen LogP contribution in [-0.2, 0) is 11.3 Å². The summed E-state index contributed by atoms with van der Waals surface area (Å²) in [5, 5.41) is 3.22. The Labute approximate surface area is 168 Å². The molecule has 0 aliphatic rings. The second-order valence-electron chi connectivity index (χ2n) is 7.07. The molecule has 0 saturated carbocycles. The van der Waals surface area contributed by atoms with Gasteiger partial charge in [0.05, 0.1) is 23.7 Å². The zero-order valence-corrected chi connectivity index (χ0v) is 17.1. The smallest absolute Gasteiger partial charge is 0.332 e. The Morgan fingerprint density at radius 1 is 1.17 bits per heavy atom. The molecule has 7 nitrogen and oxygen atoms in total. The third-order valence-electron chi connectivity index (χ3n) is 5.04. The van der Waals surface area contributed by atoms with E-state index in [2.05, 4.69) is 5.32 Å². The van der Waals surface area contributed by atoms with Gasteiger partial charge in [-0.25, -0.2) is 4.79 Å². The number of aromatic nitrogens is 2.